The topological polar surface area (TPSA) is 64.6 Å². The van der Waals surface area contributed by atoms with Gasteiger partial charge in [0, 0.05) is 7.11 Å². The Morgan fingerprint density at radius 3 is 2.22 bits per heavy atom. The molecule has 2 aromatic rings. The lowest BCUT2D eigenvalue weighted by Gasteiger charge is -2.41. The summed E-state index contributed by atoms with van der Waals surface area (Å²) in [6.07, 6.45) is -2.05. The van der Waals surface area contributed by atoms with Crippen molar-refractivity contribution >= 4 is 0 Å². The minimum atomic E-state index is -0.749. The molecule has 0 aliphatic carbocycles. The number of benzene rings is 2. The molecular weight excluding hydrogens is 412 g/mol. The molecule has 7 nitrogen and oxygen atoms in total. The van der Waals surface area contributed by atoms with Crippen LogP contribution in [0.2, 0.25) is 0 Å². The fraction of sp³-hybridized carbons (Fsp3) is 0.520. The molecule has 2 heterocycles. The Labute approximate surface area is 189 Å². The van der Waals surface area contributed by atoms with Gasteiger partial charge in [0.05, 0.1) is 26.9 Å². The van der Waals surface area contributed by atoms with E-state index in [-0.39, 0.29) is 18.3 Å². The fourth-order valence-electron chi connectivity index (χ4n) is 4.12. The fourth-order valence-corrected chi connectivity index (χ4v) is 4.12. The van der Waals surface area contributed by atoms with E-state index in [1.54, 1.807) is 14.2 Å². The van der Waals surface area contributed by atoms with E-state index < -0.39 is 18.2 Å². The lowest BCUT2D eigenvalue weighted by Crippen LogP contribution is -2.58. The number of hydrogen-bond acceptors (Lipinski definition) is 7. The zero-order chi connectivity index (χ0) is 22.6. The molecule has 32 heavy (non-hydrogen) atoms. The molecule has 5 unspecified atom stereocenters. The van der Waals surface area contributed by atoms with Crippen molar-refractivity contribution in [3.8, 4) is 5.75 Å². The van der Waals surface area contributed by atoms with Crippen LogP contribution < -0.4 is 4.74 Å². The maximum atomic E-state index is 6.24. The van der Waals surface area contributed by atoms with E-state index in [1.165, 1.54) is 0 Å². The van der Waals surface area contributed by atoms with Gasteiger partial charge in [-0.25, -0.2) is 0 Å². The maximum absolute atomic E-state index is 6.24. The summed E-state index contributed by atoms with van der Waals surface area (Å²) in [5, 5.41) is 0. The molecule has 2 saturated heterocycles. The van der Waals surface area contributed by atoms with Crippen molar-refractivity contribution < 1.29 is 33.2 Å². The van der Waals surface area contributed by atoms with Gasteiger partial charge in [0.25, 0.3) is 0 Å². The Morgan fingerprint density at radius 1 is 0.844 bits per heavy atom. The highest BCUT2D eigenvalue weighted by Gasteiger charge is 2.56. The zero-order valence-electron chi connectivity index (χ0n) is 19.1. The van der Waals surface area contributed by atoms with E-state index in [9.17, 15) is 0 Å². The number of hydrogen-bond donors (Lipinski definition) is 0. The Morgan fingerprint density at radius 2 is 1.53 bits per heavy atom. The van der Waals surface area contributed by atoms with E-state index in [1.807, 2.05) is 68.4 Å². The third-order valence-corrected chi connectivity index (χ3v) is 5.66. The van der Waals surface area contributed by atoms with Crippen LogP contribution in [-0.4, -0.2) is 57.3 Å². The monoisotopic (exact) mass is 444 g/mol. The standard InChI is InChI=1S/C25H32O7/c1-25(2)31-21-20(16-28-14-17-8-6-5-7-9-17)30-24(27-4)23(22(21)32-25)29-15-18-10-12-19(26-3)13-11-18/h5-13,20-24H,14-16H2,1-4H3. The molecule has 0 bridgehead atoms. The van der Waals surface area contributed by atoms with Gasteiger partial charge in [-0.2, -0.15) is 0 Å². The summed E-state index contributed by atoms with van der Waals surface area (Å²) in [6.45, 7) is 5.04. The second kappa shape index (κ2) is 10.3. The lowest BCUT2D eigenvalue weighted by molar-refractivity contribution is -0.288. The van der Waals surface area contributed by atoms with Gasteiger partial charge in [-0.3, -0.25) is 0 Å². The molecule has 174 valence electrons. The predicted molar refractivity (Wildman–Crippen MR) is 117 cm³/mol. The average molecular weight is 445 g/mol. The van der Waals surface area contributed by atoms with Crippen molar-refractivity contribution in [1.29, 1.82) is 0 Å². The molecule has 0 amide bonds. The molecule has 0 saturated carbocycles. The Kier molecular flexibility index (Phi) is 7.45. The normalized spacial score (nSPS) is 28.9. The van der Waals surface area contributed by atoms with Gasteiger partial charge < -0.3 is 33.2 Å². The van der Waals surface area contributed by atoms with Crippen LogP contribution >= 0.6 is 0 Å². The number of rotatable bonds is 9. The van der Waals surface area contributed by atoms with Crippen LogP contribution in [0.4, 0.5) is 0 Å². The van der Waals surface area contributed by atoms with Gasteiger partial charge in [-0.15, -0.1) is 0 Å². The molecule has 7 heteroatoms. The van der Waals surface area contributed by atoms with Crippen molar-refractivity contribution in [2.24, 2.45) is 0 Å². The zero-order valence-corrected chi connectivity index (χ0v) is 19.1. The summed E-state index contributed by atoms with van der Waals surface area (Å²) >= 11 is 0. The minimum Gasteiger partial charge on any atom is -0.497 e. The summed E-state index contributed by atoms with van der Waals surface area (Å²) in [6, 6.07) is 17.8. The first-order valence-corrected chi connectivity index (χ1v) is 10.9. The molecule has 4 rings (SSSR count). The molecule has 2 aromatic carbocycles. The van der Waals surface area contributed by atoms with Crippen molar-refractivity contribution in [2.75, 3.05) is 20.8 Å². The first-order valence-electron chi connectivity index (χ1n) is 10.9. The summed E-state index contributed by atoms with van der Waals surface area (Å²) in [5.74, 6) is 0.0537. The predicted octanol–water partition coefficient (Wildman–Crippen LogP) is 3.69. The van der Waals surface area contributed by atoms with Crippen LogP contribution in [0.5, 0.6) is 5.75 Å². The van der Waals surface area contributed by atoms with Crippen molar-refractivity contribution in [3.63, 3.8) is 0 Å². The highest BCUT2D eigenvalue weighted by molar-refractivity contribution is 5.26. The summed E-state index contributed by atoms with van der Waals surface area (Å²) in [5.41, 5.74) is 2.12. The molecule has 0 radical (unpaired) electrons. The van der Waals surface area contributed by atoms with Crippen molar-refractivity contribution in [3.05, 3.63) is 65.7 Å². The first kappa shape index (κ1) is 23.2. The number of fused-ring (bicyclic) bond motifs is 1. The van der Waals surface area contributed by atoms with Gasteiger partial charge in [0.2, 0.25) is 0 Å². The van der Waals surface area contributed by atoms with Gasteiger partial charge in [-0.1, -0.05) is 42.5 Å². The van der Waals surface area contributed by atoms with E-state index in [2.05, 4.69) is 0 Å². The third kappa shape index (κ3) is 5.49. The summed E-state index contributed by atoms with van der Waals surface area (Å²) in [4.78, 5) is 0. The molecule has 0 aromatic heterocycles. The van der Waals surface area contributed by atoms with Crippen molar-refractivity contribution in [1.82, 2.24) is 0 Å². The van der Waals surface area contributed by atoms with Gasteiger partial charge in [0.15, 0.2) is 12.1 Å². The van der Waals surface area contributed by atoms with Gasteiger partial charge in [-0.05, 0) is 37.1 Å². The molecule has 2 aliphatic rings. The minimum absolute atomic E-state index is 0.326. The molecule has 2 fully saturated rings. The van der Waals surface area contributed by atoms with Gasteiger partial charge >= 0.3 is 0 Å². The maximum Gasteiger partial charge on any atom is 0.186 e. The average Bonchev–Trinajstić information content (AvgIpc) is 3.14. The largest absolute Gasteiger partial charge is 0.497 e. The smallest absolute Gasteiger partial charge is 0.186 e. The Hall–Kier alpha value is -2.00. The van der Waals surface area contributed by atoms with Crippen LogP contribution in [-0.2, 0) is 41.6 Å². The van der Waals surface area contributed by atoms with E-state index >= 15 is 0 Å². The number of methoxy groups -OCH3 is 2. The van der Waals surface area contributed by atoms with Crippen LogP contribution in [0.3, 0.4) is 0 Å². The third-order valence-electron chi connectivity index (χ3n) is 5.66. The summed E-state index contributed by atoms with van der Waals surface area (Å²) in [7, 11) is 3.25. The Bertz CT molecular complexity index is 839. The second-order valence-electron chi connectivity index (χ2n) is 8.47. The lowest BCUT2D eigenvalue weighted by atomic mass is 9.99. The van der Waals surface area contributed by atoms with Gasteiger partial charge in [0.1, 0.15) is 30.2 Å². The highest BCUT2D eigenvalue weighted by Crippen LogP contribution is 2.39. The Balaban J connectivity index is 1.42. The van der Waals surface area contributed by atoms with E-state index in [0.717, 1.165) is 16.9 Å². The quantitative estimate of drug-likeness (QED) is 0.584. The van der Waals surface area contributed by atoms with Crippen LogP contribution in [0.15, 0.2) is 54.6 Å². The molecule has 0 spiro atoms. The van der Waals surface area contributed by atoms with E-state index in [4.69, 9.17) is 33.2 Å². The molecule has 0 N–H and O–H groups in total. The molecule has 5 atom stereocenters. The number of ether oxygens (including phenoxy) is 7. The molecular formula is C25H32O7. The molecule has 2 aliphatic heterocycles. The first-order chi connectivity index (χ1) is 15.5. The van der Waals surface area contributed by atoms with Crippen LogP contribution in [0, 0.1) is 0 Å². The second-order valence-corrected chi connectivity index (χ2v) is 8.47. The van der Waals surface area contributed by atoms with Crippen molar-refractivity contribution in [2.45, 2.75) is 63.6 Å². The summed E-state index contributed by atoms with van der Waals surface area (Å²) < 4.78 is 41.7. The SMILES string of the molecule is COc1ccc(COC2C(OC)OC(COCc3ccccc3)C3OC(C)(C)OC32)cc1. The van der Waals surface area contributed by atoms with Crippen LogP contribution in [0.25, 0.3) is 0 Å². The highest BCUT2D eigenvalue weighted by atomic mass is 16.8. The van der Waals surface area contributed by atoms with E-state index in [0.29, 0.717) is 19.8 Å². The van der Waals surface area contributed by atoms with Crippen LogP contribution in [0.1, 0.15) is 25.0 Å².